The van der Waals surface area contributed by atoms with Crippen molar-refractivity contribution < 1.29 is 19.1 Å². The third-order valence-electron chi connectivity index (χ3n) is 8.62. The molecule has 3 heterocycles. The Hall–Kier alpha value is -4.19. The Morgan fingerprint density at radius 2 is 1.85 bits per heavy atom. The molecule has 48 heavy (non-hydrogen) atoms. The van der Waals surface area contributed by atoms with E-state index in [0.717, 1.165) is 40.4 Å². The minimum absolute atomic E-state index is 0.0869. The number of hydrogen-bond donors (Lipinski definition) is 3. The molecule has 0 unspecified atom stereocenters. The van der Waals surface area contributed by atoms with Gasteiger partial charge >= 0.3 is 0 Å². The number of rotatable bonds is 13. The number of hydrogen-bond acceptors (Lipinski definition) is 8. The summed E-state index contributed by atoms with van der Waals surface area (Å²) in [4.78, 5) is 40.4. The lowest BCUT2D eigenvalue weighted by atomic mass is 9.99. The van der Waals surface area contributed by atoms with E-state index < -0.39 is 17.8 Å². The quantitative estimate of drug-likeness (QED) is 0.170. The second-order valence-electron chi connectivity index (χ2n) is 13.2. The number of nitrogens with zero attached hydrogens (tertiary/aromatic N) is 4. The maximum absolute atomic E-state index is 14.5. The molecule has 0 bridgehead atoms. The van der Waals surface area contributed by atoms with Gasteiger partial charge < -0.3 is 25.5 Å². The first-order valence-corrected chi connectivity index (χ1v) is 17.2. The number of likely N-dealkylation sites (tertiary alicyclic amines) is 1. The van der Waals surface area contributed by atoms with E-state index in [1.54, 1.807) is 35.7 Å². The van der Waals surface area contributed by atoms with Crippen molar-refractivity contribution in [2.45, 2.75) is 70.4 Å². The van der Waals surface area contributed by atoms with Gasteiger partial charge in [-0.3, -0.25) is 14.6 Å². The van der Waals surface area contributed by atoms with Gasteiger partial charge in [-0.1, -0.05) is 30.3 Å². The fourth-order valence-electron chi connectivity index (χ4n) is 5.90. The smallest absolute Gasteiger partial charge is 0.254 e. The van der Waals surface area contributed by atoms with E-state index in [1.165, 1.54) is 20.0 Å². The number of aliphatic hydroxyl groups is 1. The molecule has 1 fully saturated rings. The highest BCUT2D eigenvalue weighted by atomic mass is 32.1. The molecule has 254 valence electrons. The number of anilines is 1. The monoisotopic (exact) mass is 672 g/mol. The Kier molecular flexibility index (Phi) is 11.2. The number of aliphatic hydroxyl groups excluding tert-OH is 1. The van der Waals surface area contributed by atoms with E-state index in [2.05, 4.69) is 20.6 Å². The average Bonchev–Trinajstić information content (AvgIpc) is 3.73. The van der Waals surface area contributed by atoms with E-state index in [0.29, 0.717) is 36.2 Å². The lowest BCUT2D eigenvalue weighted by Gasteiger charge is -2.26. The van der Waals surface area contributed by atoms with Crippen LogP contribution in [0.15, 0.2) is 72.4 Å². The molecule has 0 spiro atoms. The highest BCUT2D eigenvalue weighted by molar-refractivity contribution is 7.09. The van der Waals surface area contributed by atoms with Crippen LogP contribution in [0.25, 0.3) is 0 Å². The molecule has 2 amide bonds. The first kappa shape index (κ1) is 35.1. The summed E-state index contributed by atoms with van der Waals surface area (Å²) in [6, 6.07) is 15.9. The number of aryl methyl sites for hydroxylation is 1. The average molecular weight is 673 g/mol. The van der Waals surface area contributed by atoms with Crippen LogP contribution in [0.1, 0.15) is 80.8 Å². The van der Waals surface area contributed by atoms with E-state index in [4.69, 9.17) is 0 Å². The van der Waals surface area contributed by atoms with Crippen LogP contribution in [0.4, 0.5) is 10.1 Å². The lowest BCUT2D eigenvalue weighted by Crippen LogP contribution is -2.48. The summed E-state index contributed by atoms with van der Waals surface area (Å²) < 4.78 is 14.5. The molecule has 0 saturated carbocycles. The summed E-state index contributed by atoms with van der Waals surface area (Å²) >= 11 is 1.57. The van der Waals surface area contributed by atoms with Crippen LogP contribution in [0, 0.1) is 6.92 Å². The fourth-order valence-corrected chi connectivity index (χ4v) is 6.84. The molecular weight excluding hydrogens is 628 g/mol. The molecule has 0 radical (unpaired) electrons. The Balaban J connectivity index is 1.34. The molecule has 9 nitrogen and oxygen atoms in total. The van der Waals surface area contributed by atoms with Crippen LogP contribution >= 0.6 is 11.3 Å². The van der Waals surface area contributed by atoms with Crippen molar-refractivity contribution >= 4 is 28.8 Å². The van der Waals surface area contributed by atoms with Crippen LogP contribution < -0.4 is 15.5 Å². The van der Waals surface area contributed by atoms with E-state index in [9.17, 15) is 19.1 Å². The van der Waals surface area contributed by atoms with Gasteiger partial charge in [0.05, 0.1) is 18.2 Å². The number of aromatic nitrogens is 2. The minimum atomic E-state index is -1.52. The molecular formula is C37H45FN6O3S. The van der Waals surface area contributed by atoms with Crippen LogP contribution in [0.5, 0.6) is 0 Å². The molecule has 3 N–H and O–H groups in total. The number of carbonyl (C=O) groups excluding carboxylic acids is 2. The van der Waals surface area contributed by atoms with Gasteiger partial charge in [0.25, 0.3) is 11.8 Å². The zero-order chi connectivity index (χ0) is 34.4. The highest BCUT2D eigenvalue weighted by Crippen LogP contribution is 2.35. The van der Waals surface area contributed by atoms with E-state index in [1.807, 2.05) is 72.6 Å². The summed E-state index contributed by atoms with van der Waals surface area (Å²) in [5, 5.41) is 20.6. The predicted molar refractivity (Wildman–Crippen MR) is 188 cm³/mol. The van der Waals surface area contributed by atoms with Gasteiger partial charge in [0.2, 0.25) is 0 Å². The molecule has 1 saturated heterocycles. The third kappa shape index (κ3) is 8.83. The number of benzene rings is 2. The normalized spacial score (nSPS) is 16.1. The topological polar surface area (TPSA) is 111 Å². The summed E-state index contributed by atoms with van der Waals surface area (Å²) in [5.41, 5.74) is 3.14. The van der Waals surface area contributed by atoms with Crippen LogP contribution in [0.3, 0.4) is 0 Å². The molecule has 4 aromatic rings. The second kappa shape index (κ2) is 15.4. The van der Waals surface area contributed by atoms with Gasteiger partial charge in [-0.15, -0.1) is 11.3 Å². The van der Waals surface area contributed by atoms with Crippen molar-refractivity contribution in [1.82, 2.24) is 25.5 Å². The zero-order valence-electron chi connectivity index (χ0n) is 28.2. The van der Waals surface area contributed by atoms with Crippen molar-refractivity contribution in [1.29, 1.82) is 0 Å². The number of thiazole rings is 1. The van der Waals surface area contributed by atoms with Gasteiger partial charge in [0.15, 0.2) is 0 Å². The van der Waals surface area contributed by atoms with E-state index >= 15 is 0 Å². The Labute approximate surface area is 286 Å². The second-order valence-corrected chi connectivity index (χ2v) is 14.1. The summed E-state index contributed by atoms with van der Waals surface area (Å²) in [7, 11) is 3.74. The maximum atomic E-state index is 14.5. The highest BCUT2D eigenvalue weighted by Gasteiger charge is 2.33. The number of pyridine rings is 1. The molecule has 1 aliphatic rings. The zero-order valence-corrected chi connectivity index (χ0v) is 29.1. The maximum Gasteiger partial charge on any atom is 0.254 e. The molecule has 3 atom stereocenters. The van der Waals surface area contributed by atoms with Crippen molar-refractivity contribution in [3.05, 3.63) is 111 Å². The molecule has 0 aliphatic carbocycles. The Bertz CT molecular complexity index is 1710. The first-order chi connectivity index (χ1) is 22.9. The van der Waals surface area contributed by atoms with Gasteiger partial charge in [0.1, 0.15) is 10.7 Å². The number of amides is 2. The standard InChI is InChI=1S/C37H45FN6O3S/c1-24-23-48-35(41-24)32-12-9-13-44(32)36(47)28-16-27(17-30(18-28)43(4)5)34(46)42-31(15-25-10-7-6-8-11-25)33(45)22-40-20-26-14-29(21-39-19-26)37(2,3)38/h6-8,10-11,14,16-19,21,23,31-33,40,45H,9,12-13,15,20,22H2,1-5H3,(H,42,46)/t31-,32+,33+/m0/s1. The van der Waals surface area contributed by atoms with Crippen molar-refractivity contribution in [2.75, 3.05) is 32.1 Å². The van der Waals surface area contributed by atoms with Crippen molar-refractivity contribution in [3.63, 3.8) is 0 Å². The number of halogens is 1. The number of nitrogens with one attached hydrogen (secondary N) is 2. The molecule has 11 heteroatoms. The van der Waals surface area contributed by atoms with Crippen LogP contribution in [-0.4, -0.2) is 71.1 Å². The van der Waals surface area contributed by atoms with Gasteiger partial charge in [-0.25, -0.2) is 9.37 Å². The molecule has 2 aromatic heterocycles. The Morgan fingerprint density at radius 3 is 2.54 bits per heavy atom. The number of carbonyl (C=O) groups is 2. The largest absolute Gasteiger partial charge is 0.390 e. The van der Waals surface area contributed by atoms with Crippen LogP contribution in [-0.2, 0) is 18.6 Å². The molecule has 1 aliphatic heterocycles. The number of alkyl halides is 1. The molecule has 5 rings (SSSR count). The van der Waals surface area contributed by atoms with Gasteiger partial charge in [-0.2, -0.15) is 0 Å². The van der Waals surface area contributed by atoms with Crippen LogP contribution in [0.2, 0.25) is 0 Å². The lowest BCUT2D eigenvalue weighted by molar-refractivity contribution is 0.0735. The fraction of sp³-hybridized carbons (Fsp3) is 0.405. The summed E-state index contributed by atoms with van der Waals surface area (Å²) in [6.07, 6.45) is 4.36. The van der Waals surface area contributed by atoms with Crippen molar-refractivity contribution in [2.24, 2.45) is 0 Å². The minimum Gasteiger partial charge on any atom is -0.390 e. The summed E-state index contributed by atoms with van der Waals surface area (Å²) in [5.74, 6) is -0.522. The summed E-state index contributed by atoms with van der Waals surface area (Å²) in [6.45, 7) is 6.10. The Morgan fingerprint density at radius 1 is 1.10 bits per heavy atom. The van der Waals surface area contributed by atoms with Gasteiger partial charge in [0, 0.05) is 79.6 Å². The molecule has 2 aromatic carbocycles. The third-order valence-corrected chi connectivity index (χ3v) is 9.69. The van der Waals surface area contributed by atoms with Gasteiger partial charge in [-0.05, 0) is 75.4 Å². The van der Waals surface area contributed by atoms with Crippen molar-refractivity contribution in [3.8, 4) is 0 Å². The van der Waals surface area contributed by atoms with E-state index in [-0.39, 0.29) is 24.4 Å². The predicted octanol–water partition coefficient (Wildman–Crippen LogP) is 5.59. The first-order valence-electron chi connectivity index (χ1n) is 16.3. The SMILES string of the molecule is Cc1csc([C@H]2CCCN2C(=O)c2cc(C(=O)N[C@@H](Cc3ccccc3)[C@H](O)CNCc3cncc(C(C)(C)F)c3)cc(N(C)C)c2)n1.